The van der Waals surface area contributed by atoms with Gasteiger partial charge in [-0.15, -0.1) is 0 Å². The summed E-state index contributed by atoms with van der Waals surface area (Å²) >= 11 is 0. The summed E-state index contributed by atoms with van der Waals surface area (Å²) in [6.07, 6.45) is 4.96. The predicted octanol–water partition coefficient (Wildman–Crippen LogP) is 3.73. The topological polar surface area (TPSA) is 55.8 Å². The summed E-state index contributed by atoms with van der Waals surface area (Å²) < 4.78 is 23.7. The second-order valence-electron chi connectivity index (χ2n) is 4.99. The second kappa shape index (κ2) is 7.04. The highest BCUT2D eigenvalue weighted by Crippen LogP contribution is 2.60. The quantitative estimate of drug-likeness (QED) is 0.721. The monoisotopic (exact) mass is 278 g/mol. The first-order chi connectivity index (χ1) is 8.52. The molecule has 0 aliphatic heterocycles. The van der Waals surface area contributed by atoms with Crippen molar-refractivity contribution in [3.63, 3.8) is 0 Å². The van der Waals surface area contributed by atoms with Crippen LogP contribution in [0.15, 0.2) is 0 Å². The van der Waals surface area contributed by atoms with Crippen molar-refractivity contribution >= 4 is 7.60 Å². The third kappa shape index (κ3) is 3.57. The SMILES string of the molecule is CCC[C@]1(O)CCCC[C@H]1P(=O)(OCC)OCC. The Hall–Kier alpha value is 0.110. The highest BCUT2D eigenvalue weighted by Gasteiger charge is 2.50. The van der Waals surface area contributed by atoms with Gasteiger partial charge in [-0.1, -0.05) is 26.2 Å². The Morgan fingerprint density at radius 1 is 1.22 bits per heavy atom. The fourth-order valence-electron chi connectivity index (χ4n) is 2.96. The Morgan fingerprint density at radius 3 is 2.33 bits per heavy atom. The minimum atomic E-state index is -3.20. The van der Waals surface area contributed by atoms with E-state index in [1.54, 1.807) is 0 Å². The Kier molecular flexibility index (Phi) is 6.32. The molecule has 4 nitrogen and oxygen atoms in total. The number of aliphatic hydroxyl groups is 1. The summed E-state index contributed by atoms with van der Waals surface area (Å²) in [6.45, 7) is 6.38. The molecule has 108 valence electrons. The summed E-state index contributed by atoms with van der Waals surface area (Å²) in [4.78, 5) is 0. The largest absolute Gasteiger partial charge is 0.389 e. The molecular formula is C13H27O4P. The zero-order valence-electron chi connectivity index (χ0n) is 11.9. The van der Waals surface area contributed by atoms with E-state index >= 15 is 0 Å². The molecule has 1 fully saturated rings. The van der Waals surface area contributed by atoms with Gasteiger partial charge in [0.15, 0.2) is 0 Å². The van der Waals surface area contributed by atoms with Crippen LogP contribution in [0.4, 0.5) is 0 Å². The molecular weight excluding hydrogens is 251 g/mol. The Morgan fingerprint density at radius 2 is 1.83 bits per heavy atom. The highest BCUT2D eigenvalue weighted by molar-refractivity contribution is 7.54. The summed E-state index contributed by atoms with van der Waals surface area (Å²) in [5.41, 5.74) is -1.24. The van der Waals surface area contributed by atoms with E-state index in [0.29, 0.717) is 26.1 Å². The molecule has 1 saturated carbocycles. The lowest BCUT2D eigenvalue weighted by molar-refractivity contribution is -0.0103. The van der Waals surface area contributed by atoms with Gasteiger partial charge in [0.2, 0.25) is 0 Å². The molecule has 5 heteroatoms. The van der Waals surface area contributed by atoms with Crippen molar-refractivity contribution in [2.45, 2.75) is 70.6 Å². The molecule has 1 aliphatic carbocycles. The van der Waals surface area contributed by atoms with Crippen LogP contribution >= 0.6 is 7.60 Å². The normalized spacial score (nSPS) is 29.4. The smallest absolute Gasteiger partial charge is 0.336 e. The second-order valence-corrected chi connectivity index (χ2v) is 7.21. The van der Waals surface area contributed by atoms with Crippen LogP contribution in [-0.4, -0.2) is 29.6 Å². The average Bonchev–Trinajstić information content (AvgIpc) is 2.30. The molecule has 0 bridgehead atoms. The zero-order chi connectivity index (χ0) is 13.6. The van der Waals surface area contributed by atoms with E-state index in [0.717, 1.165) is 25.7 Å². The zero-order valence-corrected chi connectivity index (χ0v) is 12.7. The minimum absolute atomic E-state index is 0.357. The molecule has 1 aliphatic rings. The maximum absolute atomic E-state index is 12.9. The first-order valence-electron chi connectivity index (χ1n) is 7.13. The first kappa shape index (κ1) is 16.2. The van der Waals surface area contributed by atoms with Crippen LogP contribution in [0.1, 0.15) is 59.3 Å². The van der Waals surface area contributed by atoms with Gasteiger partial charge in [-0.3, -0.25) is 4.57 Å². The molecule has 2 atom stereocenters. The average molecular weight is 278 g/mol. The number of hydrogen-bond acceptors (Lipinski definition) is 4. The Bertz CT molecular complexity index is 281. The van der Waals surface area contributed by atoms with E-state index in [2.05, 4.69) is 0 Å². The van der Waals surface area contributed by atoms with Crippen LogP contribution < -0.4 is 0 Å². The van der Waals surface area contributed by atoms with Crippen molar-refractivity contribution < 1.29 is 18.7 Å². The van der Waals surface area contributed by atoms with Gasteiger partial charge in [0.1, 0.15) is 0 Å². The van der Waals surface area contributed by atoms with Gasteiger partial charge in [0, 0.05) is 0 Å². The lowest BCUT2D eigenvalue weighted by Crippen LogP contribution is -2.45. The Balaban J connectivity index is 2.95. The van der Waals surface area contributed by atoms with Crippen LogP contribution in [0, 0.1) is 0 Å². The molecule has 0 amide bonds. The van der Waals surface area contributed by atoms with Gasteiger partial charge >= 0.3 is 7.60 Å². The molecule has 0 unspecified atom stereocenters. The number of hydrogen-bond donors (Lipinski definition) is 1. The van der Waals surface area contributed by atoms with Crippen LogP contribution in [0.25, 0.3) is 0 Å². The lowest BCUT2D eigenvalue weighted by atomic mass is 9.81. The summed E-state index contributed by atoms with van der Waals surface area (Å²) in [5, 5.41) is 10.8. The third-order valence-electron chi connectivity index (χ3n) is 3.64. The van der Waals surface area contributed by atoms with Crippen molar-refractivity contribution in [3.05, 3.63) is 0 Å². The molecule has 1 rings (SSSR count). The van der Waals surface area contributed by atoms with E-state index in [1.807, 2.05) is 20.8 Å². The van der Waals surface area contributed by atoms with E-state index in [4.69, 9.17) is 9.05 Å². The predicted molar refractivity (Wildman–Crippen MR) is 73.0 cm³/mol. The van der Waals surface area contributed by atoms with Crippen molar-refractivity contribution in [1.82, 2.24) is 0 Å². The molecule has 0 saturated heterocycles. The lowest BCUT2D eigenvalue weighted by Gasteiger charge is -2.42. The molecule has 1 N–H and O–H groups in total. The summed E-state index contributed by atoms with van der Waals surface area (Å²) in [6, 6.07) is 0. The van der Waals surface area contributed by atoms with E-state index in [1.165, 1.54) is 0 Å². The van der Waals surface area contributed by atoms with E-state index in [9.17, 15) is 9.67 Å². The number of rotatable bonds is 7. The van der Waals surface area contributed by atoms with Crippen molar-refractivity contribution in [2.24, 2.45) is 0 Å². The van der Waals surface area contributed by atoms with Gasteiger partial charge in [-0.25, -0.2) is 0 Å². The molecule has 0 aromatic rings. The molecule has 18 heavy (non-hydrogen) atoms. The van der Waals surface area contributed by atoms with Gasteiger partial charge in [-0.05, 0) is 33.1 Å². The van der Waals surface area contributed by atoms with Crippen molar-refractivity contribution in [1.29, 1.82) is 0 Å². The fourth-order valence-corrected chi connectivity index (χ4v) is 5.46. The summed E-state index contributed by atoms with van der Waals surface area (Å²) in [5.74, 6) is 0. The van der Waals surface area contributed by atoms with Crippen LogP contribution in [0.2, 0.25) is 0 Å². The fraction of sp³-hybridized carbons (Fsp3) is 1.00. The maximum atomic E-state index is 12.9. The van der Waals surface area contributed by atoms with E-state index in [-0.39, 0.29) is 5.66 Å². The highest BCUT2D eigenvalue weighted by atomic mass is 31.2. The van der Waals surface area contributed by atoms with Gasteiger partial charge in [0.05, 0.1) is 24.5 Å². The van der Waals surface area contributed by atoms with Crippen LogP contribution in [0.3, 0.4) is 0 Å². The van der Waals surface area contributed by atoms with Crippen molar-refractivity contribution in [3.8, 4) is 0 Å². The standard InChI is InChI=1S/C13H27O4P/c1-4-10-13(14)11-8-7-9-12(13)18(15,16-5-2)17-6-3/h12,14H,4-11H2,1-3H3/t12-,13+/m1/s1. The van der Waals surface area contributed by atoms with Gasteiger partial charge in [0.25, 0.3) is 0 Å². The van der Waals surface area contributed by atoms with Crippen LogP contribution in [-0.2, 0) is 13.6 Å². The van der Waals surface area contributed by atoms with Crippen molar-refractivity contribution in [2.75, 3.05) is 13.2 Å². The van der Waals surface area contributed by atoms with Gasteiger partial charge < -0.3 is 14.2 Å². The molecule has 0 heterocycles. The Labute approximate surface area is 111 Å². The minimum Gasteiger partial charge on any atom is -0.389 e. The first-order valence-corrected chi connectivity index (χ1v) is 8.74. The van der Waals surface area contributed by atoms with Crippen LogP contribution in [0.5, 0.6) is 0 Å². The van der Waals surface area contributed by atoms with Gasteiger partial charge in [-0.2, -0.15) is 0 Å². The molecule has 0 radical (unpaired) electrons. The van der Waals surface area contributed by atoms with E-state index < -0.39 is 13.2 Å². The maximum Gasteiger partial charge on any atom is 0.336 e. The summed E-state index contributed by atoms with van der Waals surface area (Å²) in [7, 11) is -3.20. The molecule has 0 aromatic carbocycles. The third-order valence-corrected chi connectivity index (χ3v) is 6.38. The molecule has 0 aromatic heterocycles. The molecule has 0 spiro atoms.